The Bertz CT molecular complexity index is 651. The zero-order valence-corrected chi connectivity index (χ0v) is 12.6. The molecule has 3 heteroatoms. The summed E-state index contributed by atoms with van der Waals surface area (Å²) in [6, 6.07) is 12.0. The summed E-state index contributed by atoms with van der Waals surface area (Å²) in [6.45, 7) is 9.65. The van der Waals surface area contributed by atoms with Gasteiger partial charge in [-0.1, -0.05) is 45.9 Å². The number of para-hydroxylation sites is 1. The molecule has 0 bridgehead atoms. The lowest BCUT2D eigenvalue weighted by atomic mass is 9.81. The first-order valence-corrected chi connectivity index (χ1v) is 6.98. The number of rotatable bonds is 4. The van der Waals surface area contributed by atoms with Gasteiger partial charge in [0, 0.05) is 11.9 Å². The molecular formula is C17H21N3. The third-order valence-corrected chi connectivity index (χ3v) is 4.12. The minimum absolute atomic E-state index is 0.153. The zero-order chi connectivity index (χ0) is 14.8. The highest BCUT2D eigenvalue weighted by molar-refractivity contribution is 5.82. The lowest BCUT2D eigenvalue weighted by molar-refractivity contribution is 0.269. The van der Waals surface area contributed by atoms with E-state index in [1.165, 1.54) is 0 Å². The van der Waals surface area contributed by atoms with E-state index in [2.05, 4.69) is 44.1 Å². The molecule has 2 aromatic rings. The van der Waals surface area contributed by atoms with Crippen LogP contribution in [0.5, 0.6) is 0 Å². The lowest BCUT2D eigenvalue weighted by Gasteiger charge is -2.29. The molecule has 0 aliphatic rings. The van der Waals surface area contributed by atoms with Crippen molar-refractivity contribution in [1.29, 1.82) is 5.26 Å². The van der Waals surface area contributed by atoms with Crippen molar-refractivity contribution in [3.8, 4) is 6.07 Å². The number of nitrogens with one attached hydrogen (secondary N) is 1. The average Bonchev–Trinajstić information content (AvgIpc) is 2.43. The molecule has 0 amide bonds. The maximum Gasteiger partial charge on any atom is 0.144 e. The summed E-state index contributed by atoms with van der Waals surface area (Å²) in [4.78, 5) is 4.57. The maximum atomic E-state index is 9.29. The van der Waals surface area contributed by atoms with Gasteiger partial charge in [0.1, 0.15) is 11.9 Å². The molecule has 0 unspecified atom stereocenters. The highest BCUT2D eigenvalue weighted by atomic mass is 15.0. The second-order valence-corrected chi connectivity index (χ2v) is 6.19. The number of fused-ring (bicyclic) bond motifs is 1. The van der Waals surface area contributed by atoms with E-state index < -0.39 is 0 Å². The van der Waals surface area contributed by atoms with E-state index in [-0.39, 0.29) is 5.41 Å². The number of nitrogens with zero attached hydrogens (tertiary/aromatic N) is 2. The first-order chi connectivity index (χ1) is 9.44. The van der Waals surface area contributed by atoms with E-state index in [0.717, 1.165) is 17.4 Å². The number of aromatic nitrogens is 1. The minimum atomic E-state index is 0.153. The van der Waals surface area contributed by atoms with Crippen molar-refractivity contribution < 1.29 is 0 Å². The first kappa shape index (κ1) is 14.3. The second-order valence-electron chi connectivity index (χ2n) is 6.19. The predicted molar refractivity (Wildman–Crippen MR) is 83.6 cm³/mol. The van der Waals surface area contributed by atoms with Gasteiger partial charge in [-0.15, -0.1) is 0 Å². The molecule has 104 valence electrons. The van der Waals surface area contributed by atoms with Crippen molar-refractivity contribution >= 4 is 16.7 Å². The number of hydrogen-bond acceptors (Lipinski definition) is 3. The molecule has 0 saturated carbocycles. The molecule has 0 aliphatic carbocycles. The van der Waals surface area contributed by atoms with Gasteiger partial charge in [-0.2, -0.15) is 5.26 Å². The Balaban J connectivity index is 2.32. The largest absolute Gasteiger partial charge is 0.368 e. The van der Waals surface area contributed by atoms with Crippen LogP contribution in [0.15, 0.2) is 30.3 Å². The molecule has 1 aromatic heterocycles. The van der Waals surface area contributed by atoms with Gasteiger partial charge in [-0.3, -0.25) is 0 Å². The molecule has 3 nitrogen and oxygen atoms in total. The van der Waals surface area contributed by atoms with Crippen LogP contribution in [0.3, 0.4) is 0 Å². The van der Waals surface area contributed by atoms with Crippen LogP contribution in [0, 0.1) is 22.7 Å². The van der Waals surface area contributed by atoms with Gasteiger partial charge in [-0.25, -0.2) is 4.98 Å². The van der Waals surface area contributed by atoms with Gasteiger partial charge < -0.3 is 5.32 Å². The van der Waals surface area contributed by atoms with Crippen molar-refractivity contribution in [2.45, 2.75) is 27.7 Å². The zero-order valence-electron chi connectivity index (χ0n) is 12.6. The van der Waals surface area contributed by atoms with Crippen LogP contribution < -0.4 is 5.32 Å². The van der Waals surface area contributed by atoms with E-state index in [1.807, 2.05) is 30.3 Å². The molecule has 1 heterocycles. The fraction of sp³-hybridized carbons (Fsp3) is 0.412. The second kappa shape index (κ2) is 5.50. The Kier molecular flexibility index (Phi) is 3.94. The number of benzene rings is 1. The van der Waals surface area contributed by atoms with Crippen LogP contribution >= 0.6 is 0 Å². The predicted octanol–water partition coefficient (Wildman–Crippen LogP) is 4.20. The molecule has 0 saturated heterocycles. The molecular weight excluding hydrogens is 246 g/mol. The molecule has 1 aromatic carbocycles. The van der Waals surface area contributed by atoms with Gasteiger partial charge in [0.2, 0.25) is 0 Å². The molecule has 0 spiro atoms. The minimum Gasteiger partial charge on any atom is -0.368 e. The van der Waals surface area contributed by atoms with E-state index >= 15 is 0 Å². The third-order valence-electron chi connectivity index (χ3n) is 4.12. The van der Waals surface area contributed by atoms with Crippen molar-refractivity contribution in [2.24, 2.45) is 11.3 Å². The van der Waals surface area contributed by atoms with Gasteiger partial charge in [-0.05, 0) is 23.5 Å². The summed E-state index contributed by atoms with van der Waals surface area (Å²) in [7, 11) is 0. The Hall–Kier alpha value is -2.08. The topological polar surface area (TPSA) is 48.7 Å². The molecule has 20 heavy (non-hydrogen) atoms. The Labute approximate surface area is 120 Å². The van der Waals surface area contributed by atoms with E-state index in [4.69, 9.17) is 0 Å². The lowest BCUT2D eigenvalue weighted by Crippen LogP contribution is -2.29. The molecule has 1 N–H and O–H groups in total. The third kappa shape index (κ3) is 2.91. The van der Waals surface area contributed by atoms with E-state index in [9.17, 15) is 5.26 Å². The maximum absolute atomic E-state index is 9.29. The van der Waals surface area contributed by atoms with E-state index in [0.29, 0.717) is 17.3 Å². The fourth-order valence-corrected chi connectivity index (χ4v) is 1.85. The van der Waals surface area contributed by atoms with Gasteiger partial charge in [0.25, 0.3) is 0 Å². The molecule has 0 atom stereocenters. The SMILES string of the molecule is CC(C)C(C)(C)CNc1nc2ccccc2cc1C#N. The van der Waals surface area contributed by atoms with Gasteiger partial charge >= 0.3 is 0 Å². The monoisotopic (exact) mass is 267 g/mol. The number of hydrogen-bond donors (Lipinski definition) is 1. The van der Waals surface area contributed by atoms with E-state index in [1.54, 1.807) is 0 Å². The summed E-state index contributed by atoms with van der Waals surface area (Å²) < 4.78 is 0. The fourth-order valence-electron chi connectivity index (χ4n) is 1.85. The summed E-state index contributed by atoms with van der Waals surface area (Å²) >= 11 is 0. The quantitative estimate of drug-likeness (QED) is 0.903. The molecule has 0 aliphatic heterocycles. The smallest absolute Gasteiger partial charge is 0.144 e. The van der Waals surface area contributed by atoms with Crippen LogP contribution in [0.2, 0.25) is 0 Å². The van der Waals surface area contributed by atoms with Crippen LogP contribution in [0.25, 0.3) is 10.9 Å². The number of anilines is 1. The van der Waals surface area contributed by atoms with Crippen LogP contribution in [0.1, 0.15) is 33.3 Å². The Morgan fingerprint density at radius 1 is 1.30 bits per heavy atom. The Morgan fingerprint density at radius 3 is 2.65 bits per heavy atom. The van der Waals surface area contributed by atoms with Gasteiger partial charge in [0.05, 0.1) is 11.1 Å². The van der Waals surface area contributed by atoms with Gasteiger partial charge in [0.15, 0.2) is 0 Å². The summed E-state index contributed by atoms with van der Waals surface area (Å²) in [5, 5.41) is 13.6. The molecule has 2 rings (SSSR count). The van der Waals surface area contributed by atoms with Crippen molar-refractivity contribution in [1.82, 2.24) is 4.98 Å². The Morgan fingerprint density at radius 2 is 2.00 bits per heavy atom. The standard InChI is InChI=1S/C17H21N3/c1-12(2)17(3,4)11-19-16-14(10-18)9-13-7-5-6-8-15(13)20-16/h5-9,12H,11H2,1-4H3,(H,19,20). The highest BCUT2D eigenvalue weighted by Crippen LogP contribution is 2.27. The van der Waals surface area contributed by atoms with Crippen LogP contribution in [-0.2, 0) is 0 Å². The summed E-state index contributed by atoms with van der Waals surface area (Å²) in [6.07, 6.45) is 0. The van der Waals surface area contributed by atoms with Crippen LogP contribution in [0.4, 0.5) is 5.82 Å². The van der Waals surface area contributed by atoms with Crippen LogP contribution in [-0.4, -0.2) is 11.5 Å². The highest BCUT2D eigenvalue weighted by Gasteiger charge is 2.22. The number of nitriles is 1. The molecule has 0 fully saturated rings. The molecule has 0 radical (unpaired) electrons. The number of pyridine rings is 1. The van der Waals surface area contributed by atoms with Crippen molar-refractivity contribution in [2.75, 3.05) is 11.9 Å². The first-order valence-electron chi connectivity index (χ1n) is 6.98. The van der Waals surface area contributed by atoms with Crippen molar-refractivity contribution in [3.63, 3.8) is 0 Å². The normalized spacial score (nSPS) is 11.6. The summed E-state index contributed by atoms with van der Waals surface area (Å²) in [5.41, 5.74) is 1.67. The summed E-state index contributed by atoms with van der Waals surface area (Å²) in [5.74, 6) is 1.24. The average molecular weight is 267 g/mol. The van der Waals surface area contributed by atoms with Crippen molar-refractivity contribution in [3.05, 3.63) is 35.9 Å².